The van der Waals surface area contributed by atoms with Gasteiger partial charge in [0.25, 0.3) is 0 Å². The van der Waals surface area contributed by atoms with Gasteiger partial charge in [0.05, 0.1) is 0 Å². The van der Waals surface area contributed by atoms with Gasteiger partial charge in [-0.05, 0) is 68.1 Å². The molecule has 104 valence electrons. The van der Waals surface area contributed by atoms with Crippen molar-refractivity contribution >= 4 is 0 Å². The maximum absolute atomic E-state index is 6.69. The Morgan fingerprint density at radius 1 is 1.11 bits per heavy atom. The lowest BCUT2D eigenvalue weighted by molar-refractivity contribution is 0.0411. The Bertz CT molecular complexity index is 447. The molecule has 1 aromatic rings. The third-order valence-electron chi connectivity index (χ3n) is 5.04. The number of hydrogen-bond acceptors (Lipinski definition) is 2. The second-order valence-corrected chi connectivity index (χ2v) is 6.36. The number of nitrogens with two attached hydrogens (primary N) is 1. The zero-order valence-electron chi connectivity index (χ0n) is 12.0. The molecule has 2 aliphatic rings. The third kappa shape index (κ3) is 2.56. The van der Waals surface area contributed by atoms with E-state index in [-0.39, 0.29) is 5.54 Å². The van der Waals surface area contributed by atoms with Crippen LogP contribution in [0.2, 0.25) is 0 Å². The van der Waals surface area contributed by atoms with Crippen molar-refractivity contribution in [2.24, 2.45) is 11.7 Å². The van der Waals surface area contributed by atoms with E-state index in [4.69, 9.17) is 10.5 Å². The van der Waals surface area contributed by atoms with Gasteiger partial charge in [0.2, 0.25) is 0 Å². The largest absolute Gasteiger partial charge is 0.381 e. The highest BCUT2D eigenvalue weighted by Crippen LogP contribution is 2.35. The molecule has 0 aromatic heterocycles. The molecule has 1 heterocycles. The zero-order chi connectivity index (χ0) is 13.3. The van der Waals surface area contributed by atoms with Crippen molar-refractivity contribution in [3.8, 4) is 0 Å². The number of benzene rings is 1. The summed E-state index contributed by atoms with van der Waals surface area (Å²) in [6.07, 6.45) is 7.32. The van der Waals surface area contributed by atoms with Gasteiger partial charge >= 0.3 is 0 Å². The fourth-order valence-electron chi connectivity index (χ4n) is 3.60. The molecule has 1 aromatic carbocycles. The zero-order valence-corrected chi connectivity index (χ0v) is 12.0. The second kappa shape index (κ2) is 5.26. The van der Waals surface area contributed by atoms with Crippen molar-refractivity contribution < 1.29 is 4.74 Å². The second-order valence-electron chi connectivity index (χ2n) is 6.36. The minimum Gasteiger partial charge on any atom is -0.381 e. The fourth-order valence-corrected chi connectivity index (χ4v) is 3.60. The summed E-state index contributed by atoms with van der Waals surface area (Å²) in [5, 5.41) is 0. The summed E-state index contributed by atoms with van der Waals surface area (Å²) in [7, 11) is 0. The molecule has 0 spiro atoms. The number of hydrogen-bond donors (Lipinski definition) is 1. The van der Waals surface area contributed by atoms with E-state index in [0.29, 0.717) is 5.92 Å². The van der Waals surface area contributed by atoms with Crippen molar-refractivity contribution in [3.63, 3.8) is 0 Å². The maximum atomic E-state index is 6.69. The van der Waals surface area contributed by atoms with Crippen molar-refractivity contribution in [2.75, 3.05) is 13.2 Å². The topological polar surface area (TPSA) is 35.2 Å². The highest BCUT2D eigenvalue weighted by atomic mass is 16.5. The van der Waals surface area contributed by atoms with E-state index in [2.05, 4.69) is 25.1 Å². The monoisotopic (exact) mass is 259 g/mol. The molecule has 1 atom stereocenters. The minimum atomic E-state index is -0.212. The minimum absolute atomic E-state index is 0.212. The highest BCUT2D eigenvalue weighted by molar-refractivity contribution is 5.37. The van der Waals surface area contributed by atoms with Crippen LogP contribution in [0.5, 0.6) is 0 Å². The van der Waals surface area contributed by atoms with E-state index in [0.717, 1.165) is 26.1 Å². The normalized spacial score (nSPS) is 23.7. The molecule has 1 fully saturated rings. The SMILES string of the molecule is CC(N)(c1ccc2c(c1)CCCC2)C1CCOCC1. The van der Waals surface area contributed by atoms with Crippen LogP contribution >= 0.6 is 0 Å². The Morgan fingerprint density at radius 3 is 2.53 bits per heavy atom. The molecule has 2 heteroatoms. The molecule has 0 radical (unpaired) electrons. The van der Waals surface area contributed by atoms with Crippen LogP contribution in [0.3, 0.4) is 0 Å². The Labute approximate surface area is 116 Å². The van der Waals surface area contributed by atoms with Crippen LogP contribution < -0.4 is 5.73 Å². The lowest BCUT2D eigenvalue weighted by Gasteiger charge is -2.37. The summed E-state index contributed by atoms with van der Waals surface area (Å²) >= 11 is 0. The van der Waals surface area contributed by atoms with Gasteiger partial charge in [-0.25, -0.2) is 0 Å². The Kier molecular flexibility index (Phi) is 3.64. The summed E-state index contributed by atoms with van der Waals surface area (Å²) in [5.74, 6) is 0.544. The quantitative estimate of drug-likeness (QED) is 0.885. The highest BCUT2D eigenvalue weighted by Gasteiger charge is 2.33. The molecule has 1 unspecified atom stereocenters. The van der Waals surface area contributed by atoms with Crippen LogP contribution in [0.25, 0.3) is 0 Å². The third-order valence-corrected chi connectivity index (χ3v) is 5.04. The molecular formula is C17H25NO. The average Bonchev–Trinajstić information content (AvgIpc) is 2.47. The summed E-state index contributed by atoms with van der Waals surface area (Å²) in [4.78, 5) is 0. The van der Waals surface area contributed by atoms with Gasteiger partial charge in [-0.3, -0.25) is 0 Å². The van der Waals surface area contributed by atoms with Crippen molar-refractivity contribution in [1.29, 1.82) is 0 Å². The summed E-state index contributed by atoms with van der Waals surface area (Å²) < 4.78 is 5.47. The first kappa shape index (κ1) is 13.1. The number of aryl methyl sites for hydroxylation is 2. The number of fused-ring (bicyclic) bond motifs is 1. The van der Waals surface area contributed by atoms with Crippen LogP contribution in [0.4, 0.5) is 0 Å². The van der Waals surface area contributed by atoms with Gasteiger partial charge in [0, 0.05) is 18.8 Å². The summed E-state index contributed by atoms with van der Waals surface area (Å²) in [5.41, 5.74) is 10.9. The molecule has 2 N–H and O–H groups in total. The van der Waals surface area contributed by atoms with Crippen LogP contribution in [0.1, 0.15) is 49.3 Å². The van der Waals surface area contributed by atoms with Gasteiger partial charge in [0.15, 0.2) is 0 Å². The van der Waals surface area contributed by atoms with E-state index in [1.807, 2.05) is 0 Å². The van der Waals surface area contributed by atoms with E-state index in [9.17, 15) is 0 Å². The first-order valence-corrected chi connectivity index (χ1v) is 7.67. The molecule has 2 nitrogen and oxygen atoms in total. The molecule has 1 aliphatic carbocycles. The predicted molar refractivity (Wildman–Crippen MR) is 78.2 cm³/mol. The Balaban J connectivity index is 1.87. The Morgan fingerprint density at radius 2 is 1.79 bits per heavy atom. The molecule has 0 bridgehead atoms. The molecule has 0 saturated carbocycles. The Hall–Kier alpha value is -0.860. The molecular weight excluding hydrogens is 234 g/mol. The first-order chi connectivity index (χ1) is 9.18. The molecule has 19 heavy (non-hydrogen) atoms. The summed E-state index contributed by atoms with van der Waals surface area (Å²) in [6, 6.07) is 6.96. The smallest absolute Gasteiger partial charge is 0.0469 e. The van der Waals surface area contributed by atoms with Crippen molar-refractivity contribution in [3.05, 3.63) is 34.9 Å². The first-order valence-electron chi connectivity index (χ1n) is 7.67. The van der Waals surface area contributed by atoms with Crippen LogP contribution in [0.15, 0.2) is 18.2 Å². The molecule has 1 saturated heterocycles. The number of rotatable bonds is 2. The van der Waals surface area contributed by atoms with Gasteiger partial charge < -0.3 is 10.5 Å². The lowest BCUT2D eigenvalue weighted by Crippen LogP contribution is -2.43. The fraction of sp³-hybridized carbons (Fsp3) is 0.647. The van der Waals surface area contributed by atoms with Crippen molar-refractivity contribution in [1.82, 2.24) is 0 Å². The van der Waals surface area contributed by atoms with Crippen LogP contribution in [-0.2, 0) is 23.1 Å². The van der Waals surface area contributed by atoms with Gasteiger partial charge in [-0.1, -0.05) is 18.2 Å². The van der Waals surface area contributed by atoms with Gasteiger partial charge in [-0.2, -0.15) is 0 Å². The molecule has 3 rings (SSSR count). The molecule has 1 aliphatic heterocycles. The van der Waals surface area contributed by atoms with Gasteiger partial charge in [0.1, 0.15) is 0 Å². The average molecular weight is 259 g/mol. The van der Waals surface area contributed by atoms with E-state index < -0.39 is 0 Å². The number of ether oxygens (including phenoxy) is 1. The standard InChI is InChI=1S/C17H25NO/c1-17(18,15-8-10-19-11-9-15)16-7-6-13-4-2-3-5-14(13)12-16/h6-7,12,15H,2-5,8-11,18H2,1H3. The van der Waals surface area contributed by atoms with Crippen LogP contribution in [-0.4, -0.2) is 13.2 Å². The maximum Gasteiger partial charge on any atom is 0.0469 e. The molecule has 0 amide bonds. The lowest BCUT2D eigenvalue weighted by atomic mass is 9.75. The van der Waals surface area contributed by atoms with E-state index in [1.54, 1.807) is 0 Å². The van der Waals surface area contributed by atoms with Crippen molar-refractivity contribution in [2.45, 2.75) is 51.0 Å². The summed E-state index contributed by atoms with van der Waals surface area (Å²) in [6.45, 7) is 3.93. The van der Waals surface area contributed by atoms with E-state index >= 15 is 0 Å². The van der Waals surface area contributed by atoms with E-state index in [1.165, 1.54) is 42.4 Å². The predicted octanol–water partition coefficient (Wildman–Crippen LogP) is 3.17. The van der Waals surface area contributed by atoms with Gasteiger partial charge in [-0.15, -0.1) is 0 Å². The van der Waals surface area contributed by atoms with Crippen LogP contribution in [0, 0.1) is 5.92 Å².